The molecule has 0 aliphatic carbocycles. The van der Waals surface area contributed by atoms with E-state index >= 15 is 0 Å². The van der Waals surface area contributed by atoms with Crippen molar-refractivity contribution >= 4 is 28.1 Å². The lowest BCUT2D eigenvalue weighted by Crippen LogP contribution is -2.30. The zero-order valence-electron chi connectivity index (χ0n) is 9.55. The van der Waals surface area contributed by atoms with Gasteiger partial charge in [-0.05, 0) is 12.1 Å². The molecule has 2 aromatic rings. The molecule has 2 rings (SSSR count). The zero-order chi connectivity index (χ0) is 12.4. The predicted molar refractivity (Wildman–Crippen MR) is 68.6 cm³/mol. The Morgan fingerprint density at radius 1 is 1.41 bits per heavy atom. The second-order valence-corrected chi connectivity index (χ2v) is 3.92. The summed E-state index contributed by atoms with van der Waals surface area (Å²) in [6.07, 6.45) is 3.44. The van der Waals surface area contributed by atoms with E-state index in [-0.39, 0.29) is 12.5 Å². The summed E-state index contributed by atoms with van der Waals surface area (Å²) in [7, 11) is 1.78. The molecule has 88 valence electrons. The van der Waals surface area contributed by atoms with Gasteiger partial charge in [0, 0.05) is 30.2 Å². The van der Waals surface area contributed by atoms with E-state index in [2.05, 4.69) is 4.98 Å². The number of amides is 1. The molecule has 5 nitrogen and oxygen atoms in total. The number of aromatic nitrogens is 1. The van der Waals surface area contributed by atoms with Crippen LogP contribution in [-0.4, -0.2) is 24.5 Å². The molecular formula is C12H14N4O. The molecule has 0 fully saturated rings. The van der Waals surface area contributed by atoms with Crippen molar-refractivity contribution in [3.63, 3.8) is 0 Å². The molecule has 0 saturated heterocycles. The van der Waals surface area contributed by atoms with Crippen molar-refractivity contribution in [2.24, 2.45) is 5.73 Å². The van der Waals surface area contributed by atoms with E-state index in [0.717, 1.165) is 16.5 Å². The Bertz CT molecular complexity index is 567. The van der Waals surface area contributed by atoms with E-state index in [4.69, 9.17) is 11.5 Å². The summed E-state index contributed by atoms with van der Waals surface area (Å²) in [6, 6.07) is 5.64. The molecule has 17 heavy (non-hydrogen) atoms. The number of carbonyl (C=O) groups is 1. The van der Waals surface area contributed by atoms with Crippen molar-refractivity contribution in [1.82, 2.24) is 4.98 Å². The van der Waals surface area contributed by atoms with Crippen LogP contribution in [0.5, 0.6) is 0 Å². The first-order valence-electron chi connectivity index (χ1n) is 5.21. The number of primary amides is 1. The summed E-state index contributed by atoms with van der Waals surface area (Å²) in [5, 5.41) is 1.90. The standard InChI is InChI=1S/C12H14N4O/c1-16(7-11(13)17)10-3-2-8-6-15-5-4-9(8)12(10)14/h2-6H,7,14H2,1H3,(H2,13,17). The first kappa shape index (κ1) is 11.2. The summed E-state index contributed by atoms with van der Waals surface area (Å²) < 4.78 is 0. The van der Waals surface area contributed by atoms with E-state index in [0.29, 0.717) is 5.69 Å². The molecule has 1 aromatic carbocycles. The fourth-order valence-electron chi connectivity index (χ4n) is 1.83. The van der Waals surface area contributed by atoms with Crippen molar-refractivity contribution in [2.45, 2.75) is 0 Å². The fraction of sp³-hybridized carbons (Fsp3) is 0.167. The third kappa shape index (κ3) is 2.13. The van der Waals surface area contributed by atoms with Gasteiger partial charge in [0.1, 0.15) is 0 Å². The highest BCUT2D eigenvalue weighted by atomic mass is 16.1. The molecular weight excluding hydrogens is 216 g/mol. The first-order chi connectivity index (χ1) is 8.09. The fourth-order valence-corrected chi connectivity index (χ4v) is 1.83. The van der Waals surface area contributed by atoms with Crippen LogP contribution >= 0.6 is 0 Å². The van der Waals surface area contributed by atoms with Gasteiger partial charge in [-0.1, -0.05) is 6.07 Å². The number of nitrogens with two attached hydrogens (primary N) is 2. The summed E-state index contributed by atoms with van der Waals surface area (Å²) in [5.41, 5.74) is 12.7. The van der Waals surface area contributed by atoms with E-state index < -0.39 is 0 Å². The molecule has 0 bridgehead atoms. The summed E-state index contributed by atoms with van der Waals surface area (Å²) in [6.45, 7) is 0.140. The van der Waals surface area contributed by atoms with Crippen LogP contribution in [-0.2, 0) is 4.79 Å². The maximum absolute atomic E-state index is 10.9. The van der Waals surface area contributed by atoms with Crippen LogP contribution in [0, 0.1) is 0 Å². The number of hydrogen-bond acceptors (Lipinski definition) is 4. The minimum absolute atomic E-state index is 0.140. The minimum atomic E-state index is -0.387. The van der Waals surface area contributed by atoms with Crippen LogP contribution in [0.25, 0.3) is 10.8 Å². The van der Waals surface area contributed by atoms with Crippen molar-refractivity contribution in [1.29, 1.82) is 0 Å². The lowest BCUT2D eigenvalue weighted by Gasteiger charge is -2.20. The maximum Gasteiger partial charge on any atom is 0.236 e. The predicted octanol–water partition coefficient (Wildman–Crippen LogP) is 0.738. The van der Waals surface area contributed by atoms with Gasteiger partial charge in [-0.15, -0.1) is 0 Å². The number of nitrogens with zero attached hydrogens (tertiary/aromatic N) is 2. The lowest BCUT2D eigenvalue weighted by molar-refractivity contribution is -0.116. The van der Waals surface area contributed by atoms with Crippen LogP contribution < -0.4 is 16.4 Å². The molecule has 0 aliphatic rings. The van der Waals surface area contributed by atoms with Gasteiger partial charge in [-0.25, -0.2) is 0 Å². The first-order valence-corrected chi connectivity index (χ1v) is 5.21. The van der Waals surface area contributed by atoms with Gasteiger partial charge in [-0.3, -0.25) is 9.78 Å². The number of anilines is 2. The van der Waals surface area contributed by atoms with E-state index in [1.807, 2.05) is 18.2 Å². The number of rotatable bonds is 3. The molecule has 0 atom stereocenters. The summed E-state index contributed by atoms with van der Waals surface area (Å²) >= 11 is 0. The van der Waals surface area contributed by atoms with Gasteiger partial charge in [0.2, 0.25) is 5.91 Å². The Hall–Kier alpha value is -2.30. The average Bonchev–Trinajstić information content (AvgIpc) is 2.28. The van der Waals surface area contributed by atoms with E-state index in [1.54, 1.807) is 24.3 Å². The van der Waals surface area contributed by atoms with Crippen molar-refractivity contribution < 1.29 is 4.79 Å². The Kier molecular flexibility index (Phi) is 2.82. The van der Waals surface area contributed by atoms with Gasteiger partial charge >= 0.3 is 0 Å². The second-order valence-electron chi connectivity index (χ2n) is 3.92. The number of benzene rings is 1. The van der Waals surface area contributed by atoms with E-state index in [9.17, 15) is 4.79 Å². The zero-order valence-corrected chi connectivity index (χ0v) is 9.55. The number of pyridine rings is 1. The number of likely N-dealkylation sites (N-methyl/N-ethyl adjacent to an activating group) is 1. The smallest absolute Gasteiger partial charge is 0.236 e. The van der Waals surface area contributed by atoms with Gasteiger partial charge in [0.25, 0.3) is 0 Å². The third-order valence-corrected chi connectivity index (χ3v) is 2.64. The Balaban J connectivity index is 2.48. The van der Waals surface area contributed by atoms with E-state index in [1.165, 1.54) is 0 Å². The minimum Gasteiger partial charge on any atom is -0.397 e. The summed E-state index contributed by atoms with van der Waals surface area (Å²) in [5.74, 6) is -0.387. The highest BCUT2D eigenvalue weighted by Gasteiger charge is 2.10. The van der Waals surface area contributed by atoms with Crippen LogP contribution in [0.15, 0.2) is 30.6 Å². The molecule has 0 aliphatic heterocycles. The molecule has 1 heterocycles. The van der Waals surface area contributed by atoms with Gasteiger partial charge in [-0.2, -0.15) is 0 Å². The lowest BCUT2D eigenvalue weighted by atomic mass is 10.1. The van der Waals surface area contributed by atoms with Crippen molar-refractivity contribution in [2.75, 3.05) is 24.2 Å². The SMILES string of the molecule is CN(CC(N)=O)c1ccc2cnccc2c1N. The maximum atomic E-state index is 10.9. The molecule has 5 heteroatoms. The van der Waals surface area contributed by atoms with Gasteiger partial charge in [0.05, 0.1) is 17.9 Å². The van der Waals surface area contributed by atoms with Gasteiger partial charge < -0.3 is 16.4 Å². The Labute approximate surface area is 99.0 Å². The van der Waals surface area contributed by atoms with Crippen LogP contribution in [0.4, 0.5) is 11.4 Å². The van der Waals surface area contributed by atoms with Crippen LogP contribution in [0.2, 0.25) is 0 Å². The molecule has 1 amide bonds. The molecule has 0 unspecified atom stereocenters. The highest BCUT2D eigenvalue weighted by molar-refractivity contribution is 5.99. The third-order valence-electron chi connectivity index (χ3n) is 2.64. The Morgan fingerprint density at radius 2 is 2.18 bits per heavy atom. The highest BCUT2D eigenvalue weighted by Crippen LogP contribution is 2.29. The molecule has 0 radical (unpaired) electrons. The number of nitrogen functional groups attached to an aromatic ring is 1. The number of carbonyl (C=O) groups excluding carboxylic acids is 1. The quantitative estimate of drug-likeness (QED) is 0.761. The van der Waals surface area contributed by atoms with Crippen molar-refractivity contribution in [3.05, 3.63) is 30.6 Å². The van der Waals surface area contributed by atoms with Crippen LogP contribution in [0.1, 0.15) is 0 Å². The largest absolute Gasteiger partial charge is 0.397 e. The second kappa shape index (κ2) is 4.29. The number of hydrogen-bond donors (Lipinski definition) is 2. The average molecular weight is 230 g/mol. The molecule has 0 spiro atoms. The van der Waals surface area contributed by atoms with Crippen LogP contribution in [0.3, 0.4) is 0 Å². The van der Waals surface area contributed by atoms with Gasteiger partial charge in [0.15, 0.2) is 0 Å². The number of fused-ring (bicyclic) bond motifs is 1. The topological polar surface area (TPSA) is 85.2 Å². The molecule has 0 saturated carbocycles. The Morgan fingerprint density at radius 3 is 2.88 bits per heavy atom. The normalized spacial score (nSPS) is 10.4. The summed E-state index contributed by atoms with van der Waals surface area (Å²) in [4.78, 5) is 16.7. The van der Waals surface area contributed by atoms with Crippen molar-refractivity contribution in [3.8, 4) is 0 Å². The molecule has 4 N–H and O–H groups in total. The molecule has 1 aromatic heterocycles. The monoisotopic (exact) mass is 230 g/mol.